The lowest BCUT2D eigenvalue weighted by Crippen LogP contribution is -2.08. The normalized spacial score (nSPS) is 11.0. The van der Waals surface area contributed by atoms with Crippen molar-refractivity contribution >= 4 is 27.3 Å². The van der Waals surface area contributed by atoms with Crippen LogP contribution in [0.4, 0.5) is 0 Å². The van der Waals surface area contributed by atoms with Gasteiger partial charge in [-0.1, -0.05) is 42.5 Å². The molecule has 0 bridgehead atoms. The van der Waals surface area contributed by atoms with Gasteiger partial charge in [-0.15, -0.1) is 11.3 Å². The summed E-state index contributed by atoms with van der Waals surface area (Å²) in [4.78, 5) is 0.780. The van der Waals surface area contributed by atoms with Crippen molar-refractivity contribution < 1.29 is 4.42 Å². The van der Waals surface area contributed by atoms with Gasteiger partial charge in [-0.2, -0.15) is 0 Å². The molecule has 4 heteroatoms. The predicted molar refractivity (Wildman–Crippen MR) is 96.0 cm³/mol. The van der Waals surface area contributed by atoms with E-state index in [0.29, 0.717) is 0 Å². The molecule has 0 saturated carbocycles. The van der Waals surface area contributed by atoms with Gasteiger partial charge >= 0.3 is 0 Å². The Morgan fingerprint density at radius 2 is 1.70 bits per heavy atom. The third kappa shape index (κ3) is 2.43. The van der Waals surface area contributed by atoms with Gasteiger partial charge in [-0.05, 0) is 24.3 Å². The molecule has 0 saturated heterocycles. The van der Waals surface area contributed by atoms with E-state index in [1.54, 1.807) is 0 Å². The molecule has 0 unspecified atom stereocenters. The number of fused-ring (bicyclic) bond motifs is 1. The van der Waals surface area contributed by atoms with Crippen LogP contribution < -0.4 is 5.73 Å². The lowest BCUT2D eigenvalue weighted by atomic mass is 10.1. The number of thiophene rings is 1. The molecule has 2 aromatic heterocycles. The van der Waals surface area contributed by atoms with Gasteiger partial charge in [-0.25, -0.2) is 0 Å². The zero-order valence-electron chi connectivity index (χ0n) is 12.2. The summed E-state index contributed by atoms with van der Waals surface area (Å²) in [5, 5.41) is 8.69. The van der Waals surface area contributed by atoms with E-state index in [-0.39, 0.29) is 5.84 Å². The average Bonchev–Trinajstić information content (AvgIpc) is 3.22. The topological polar surface area (TPSA) is 63.0 Å². The minimum Gasteiger partial charge on any atom is -0.456 e. The van der Waals surface area contributed by atoms with E-state index in [2.05, 4.69) is 0 Å². The Labute approximate surface area is 137 Å². The monoisotopic (exact) mass is 318 g/mol. The van der Waals surface area contributed by atoms with Gasteiger partial charge in [0.05, 0.1) is 4.88 Å². The van der Waals surface area contributed by atoms with Crippen molar-refractivity contribution in [3.05, 3.63) is 71.6 Å². The van der Waals surface area contributed by atoms with E-state index in [1.165, 1.54) is 11.3 Å². The molecule has 4 rings (SSSR count). The quantitative estimate of drug-likeness (QED) is 0.407. The van der Waals surface area contributed by atoms with Crippen LogP contribution in [0.5, 0.6) is 0 Å². The molecule has 23 heavy (non-hydrogen) atoms. The lowest BCUT2D eigenvalue weighted by molar-refractivity contribution is 0.598. The number of amidine groups is 1. The predicted octanol–water partition coefficient (Wildman–Crippen LogP) is 5.11. The molecule has 2 aromatic carbocycles. The van der Waals surface area contributed by atoms with Crippen LogP contribution in [0.15, 0.2) is 71.1 Å². The van der Waals surface area contributed by atoms with E-state index in [4.69, 9.17) is 15.6 Å². The Morgan fingerprint density at radius 3 is 2.48 bits per heavy atom. The molecule has 112 valence electrons. The lowest BCUT2D eigenvalue weighted by Gasteiger charge is -2.00. The number of benzene rings is 2. The fourth-order valence-corrected chi connectivity index (χ4v) is 3.60. The van der Waals surface area contributed by atoms with Crippen molar-refractivity contribution in [3.8, 4) is 22.6 Å². The zero-order valence-corrected chi connectivity index (χ0v) is 13.1. The van der Waals surface area contributed by atoms with Crippen LogP contribution in [-0.4, -0.2) is 5.84 Å². The van der Waals surface area contributed by atoms with Crippen LogP contribution in [-0.2, 0) is 0 Å². The van der Waals surface area contributed by atoms with Gasteiger partial charge in [0, 0.05) is 21.2 Å². The molecule has 0 aliphatic heterocycles. The second-order valence-corrected chi connectivity index (χ2v) is 6.36. The summed E-state index contributed by atoms with van der Waals surface area (Å²) in [6.45, 7) is 0. The molecule has 4 aromatic rings. The Hall–Kier alpha value is -2.85. The highest BCUT2D eigenvalue weighted by Gasteiger charge is 2.12. The number of rotatable bonds is 3. The van der Waals surface area contributed by atoms with Gasteiger partial charge in [-0.3, -0.25) is 5.41 Å². The van der Waals surface area contributed by atoms with E-state index in [0.717, 1.165) is 37.6 Å². The van der Waals surface area contributed by atoms with Crippen molar-refractivity contribution in [2.45, 2.75) is 0 Å². The van der Waals surface area contributed by atoms with Crippen molar-refractivity contribution in [2.75, 3.05) is 0 Å². The number of hydrogen-bond donors (Lipinski definition) is 2. The first-order valence-corrected chi connectivity index (χ1v) is 8.06. The molecule has 0 spiro atoms. The molecule has 2 heterocycles. The Bertz CT molecular complexity index is 999. The highest BCUT2D eigenvalue weighted by molar-refractivity contribution is 7.20. The van der Waals surface area contributed by atoms with Crippen LogP contribution in [0.3, 0.4) is 0 Å². The van der Waals surface area contributed by atoms with Crippen LogP contribution in [0.1, 0.15) is 4.88 Å². The number of hydrogen-bond acceptors (Lipinski definition) is 3. The first kappa shape index (κ1) is 13.8. The minimum atomic E-state index is 0.0987. The fraction of sp³-hybridized carbons (Fsp3) is 0. The molecular formula is C19H14N2OS. The first-order valence-electron chi connectivity index (χ1n) is 7.25. The summed E-state index contributed by atoms with van der Waals surface area (Å²) >= 11 is 1.53. The SMILES string of the molecule is N=C(N)c1cc2c(-c3ccc(-c4ccccc4)o3)cccc2s1. The van der Waals surface area contributed by atoms with Crippen molar-refractivity contribution in [1.82, 2.24) is 0 Å². The second-order valence-electron chi connectivity index (χ2n) is 5.27. The summed E-state index contributed by atoms with van der Waals surface area (Å²) in [7, 11) is 0. The van der Waals surface area contributed by atoms with Crippen molar-refractivity contribution in [2.24, 2.45) is 5.73 Å². The third-order valence-electron chi connectivity index (χ3n) is 3.76. The zero-order chi connectivity index (χ0) is 15.8. The minimum absolute atomic E-state index is 0.0987. The fourth-order valence-electron chi connectivity index (χ4n) is 2.65. The van der Waals surface area contributed by atoms with E-state index >= 15 is 0 Å². The molecule has 0 fully saturated rings. The number of furan rings is 1. The number of nitrogen functional groups attached to an aromatic ring is 1. The Kier molecular flexibility index (Phi) is 3.24. The molecular weight excluding hydrogens is 304 g/mol. The largest absolute Gasteiger partial charge is 0.456 e. The molecule has 3 nitrogen and oxygen atoms in total. The van der Waals surface area contributed by atoms with Gasteiger partial charge in [0.25, 0.3) is 0 Å². The molecule has 0 radical (unpaired) electrons. The molecule has 3 N–H and O–H groups in total. The summed E-state index contributed by atoms with van der Waals surface area (Å²) < 4.78 is 7.16. The van der Waals surface area contributed by atoms with E-state index in [9.17, 15) is 0 Å². The molecule has 0 aliphatic rings. The van der Waals surface area contributed by atoms with Crippen LogP contribution in [0.2, 0.25) is 0 Å². The van der Waals surface area contributed by atoms with Crippen LogP contribution in [0, 0.1) is 5.41 Å². The highest BCUT2D eigenvalue weighted by atomic mass is 32.1. The van der Waals surface area contributed by atoms with Gasteiger partial charge in [0.2, 0.25) is 0 Å². The molecule has 0 aliphatic carbocycles. The van der Waals surface area contributed by atoms with Gasteiger partial charge < -0.3 is 10.2 Å². The van der Waals surface area contributed by atoms with E-state index in [1.807, 2.05) is 66.7 Å². The molecule has 0 amide bonds. The standard InChI is InChI=1S/C19H14N2OS/c20-19(21)18-11-14-13(7-4-8-17(14)23-18)16-10-9-15(22-16)12-5-2-1-3-6-12/h1-11H,(H3,20,21). The van der Waals surface area contributed by atoms with Crippen LogP contribution >= 0.6 is 11.3 Å². The van der Waals surface area contributed by atoms with E-state index < -0.39 is 0 Å². The summed E-state index contributed by atoms with van der Waals surface area (Å²) in [6, 6.07) is 22.1. The second kappa shape index (κ2) is 5.41. The Balaban J connectivity index is 1.84. The van der Waals surface area contributed by atoms with Gasteiger partial charge in [0.1, 0.15) is 17.4 Å². The maximum absolute atomic E-state index is 7.62. The number of nitrogens with one attached hydrogen (secondary N) is 1. The average molecular weight is 318 g/mol. The first-order chi connectivity index (χ1) is 11.2. The molecule has 0 atom stereocenters. The summed E-state index contributed by atoms with van der Waals surface area (Å²) in [5.41, 5.74) is 7.69. The smallest absolute Gasteiger partial charge is 0.135 e. The van der Waals surface area contributed by atoms with Gasteiger partial charge in [0.15, 0.2) is 0 Å². The third-order valence-corrected chi connectivity index (χ3v) is 4.89. The maximum Gasteiger partial charge on any atom is 0.135 e. The maximum atomic E-state index is 7.62. The summed E-state index contributed by atoms with van der Waals surface area (Å²) in [6.07, 6.45) is 0. The Morgan fingerprint density at radius 1 is 0.913 bits per heavy atom. The van der Waals surface area contributed by atoms with Crippen LogP contribution in [0.25, 0.3) is 32.7 Å². The van der Waals surface area contributed by atoms with Crippen molar-refractivity contribution in [1.29, 1.82) is 5.41 Å². The number of nitrogens with two attached hydrogens (primary N) is 1. The summed E-state index contributed by atoms with van der Waals surface area (Å²) in [5.74, 6) is 1.77. The van der Waals surface area contributed by atoms with Crippen molar-refractivity contribution in [3.63, 3.8) is 0 Å². The highest BCUT2D eigenvalue weighted by Crippen LogP contribution is 2.36.